The first kappa shape index (κ1) is 27.8. The molecule has 1 aliphatic heterocycles. The molecule has 9 nitrogen and oxygen atoms in total. The molecule has 0 aromatic heterocycles. The summed E-state index contributed by atoms with van der Waals surface area (Å²) in [6.45, 7) is 0.250. The van der Waals surface area contributed by atoms with Gasteiger partial charge < -0.3 is 11.1 Å². The SMILES string of the molecule is CN1c2cc(CN)ccc2C(NC(=O)CC(c2ccccc2)N(c2ccc3ccccc3c2)S(=O)O)CS1(=O)=O. The average Bonchev–Trinajstić information content (AvgIpc) is 2.95. The van der Waals surface area contributed by atoms with E-state index in [0.29, 0.717) is 22.5 Å². The Kier molecular flexibility index (Phi) is 7.90. The lowest BCUT2D eigenvalue weighted by Gasteiger charge is -2.34. The van der Waals surface area contributed by atoms with E-state index in [0.717, 1.165) is 16.3 Å². The molecule has 3 unspecified atom stereocenters. The van der Waals surface area contributed by atoms with Gasteiger partial charge in [0.25, 0.3) is 11.3 Å². The molecular weight excluding hydrogens is 548 g/mol. The summed E-state index contributed by atoms with van der Waals surface area (Å²) >= 11 is -2.47. The number of hydrogen-bond acceptors (Lipinski definition) is 5. The minimum Gasteiger partial charge on any atom is -0.348 e. The van der Waals surface area contributed by atoms with Gasteiger partial charge in [0, 0.05) is 13.6 Å². The highest BCUT2D eigenvalue weighted by atomic mass is 32.2. The molecule has 208 valence electrons. The number of nitrogens with zero attached hydrogens (tertiary/aromatic N) is 2. The zero-order chi connectivity index (χ0) is 28.4. The summed E-state index contributed by atoms with van der Waals surface area (Å²) in [7, 11) is -2.21. The van der Waals surface area contributed by atoms with Crippen molar-refractivity contribution in [2.75, 3.05) is 21.4 Å². The molecule has 4 N–H and O–H groups in total. The third-order valence-electron chi connectivity index (χ3n) is 7.18. The lowest BCUT2D eigenvalue weighted by atomic mass is 10.00. The van der Waals surface area contributed by atoms with Gasteiger partial charge in [0.15, 0.2) is 0 Å². The molecule has 0 aliphatic carbocycles. The second-order valence-corrected chi connectivity index (χ2v) is 12.6. The van der Waals surface area contributed by atoms with Crippen LogP contribution in [0.1, 0.15) is 35.2 Å². The summed E-state index contributed by atoms with van der Waals surface area (Å²) in [5, 5.41) is 4.74. The molecule has 4 aromatic carbocycles. The van der Waals surface area contributed by atoms with Crippen LogP contribution in [0.5, 0.6) is 0 Å². The number of fused-ring (bicyclic) bond motifs is 2. The minimum atomic E-state index is -3.69. The molecule has 3 atom stereocenters. The Morgan fingerprint density at radius 3 is 2.45 bits per heavy atom. The molecule has 1 aliphatic rings. The minimum absolute atomic E-state index is 0.189. The highest BCUT2D eigenvalue weighted by Gasteiger charge is 2.36. The Balaban J connectivity index is 1.48. The van der Waals surface area contributed by atoms with Crippen LogP contribution in [0.15, 0.2) is 91.0 Å². The number of carbonyl (C=O) groups excluding carboxylic acids is 1. The van der Waals surface area contributed by atoms with Crippen molar-refractivity contribution in [3.05, 3.63) is 108 Å². The van der Waals surface area contributed by atoms with Crippen molar-refractivity contribution in [3.8, 4) is 0 Å². The fourth-order valence-corrected chi connectivity index (χ4v) is 7.17. The lowest BCUT2D eigenvalue weighted by Crippen LogP contribution is -2.44. The van der Waals surface area contributed by atoms with Crippen LogP contribution in [-0.2, 0) is 32.6 Å². The summed E-state index contributed by atoms with van der Waals surface area (Å²) in [6.07, 6.45) is -0.189. The largest absolute Gasteiger partial charge is 0.348 e. The van der Waals surface area contributed by atoms with Gasteiger partial charge in [-0.25, -0.2) is 12.6 Å². The third-order valence-corrected chi connectivity index (χ3v) is 9.76. The maximum Gasteiger partial charge on any atom is 0.262 e. The van der Waals surface area contributed by atoms with Crippen LogP contribution in [0.25, 0.3) is 10.8 Å². The summed E-state index contributed by atoms with van der Waals surface area (Å²) in [6, 6.07) is 25.8. The molecule has 1 amide bonds. The number of nitrogens with one attached hydrogen (secondary N) is 1. The molecule has 40 heavy (non-hydrogen) atoms. The monoisotopic (exact) mass is 578 g/mol. The summed E-state index contributed by atoms with van der Waals surface area (Å²) in [4.78, 5) is 13.5. The second kappa shape index (κ2) is 11.4. The molecule has 0 spiro atoms. The van der Waals surface area contributed by atoms with Gasteiger partial charge in [-0.1, -0.05) is 72.8 Å². The molecule has 4 aromatic rings. The predicted octanol–water partition coefficient (Wildman–Crippen LogP) is 4.01. The van der Waals surface area contributed by atoms with Crippen molar-refractivity contribution in [3.63, 3.8) is 0 Å². The van der Waals surface area contributed by atoms with Gasteiger partial charge in [0.2, 0.25) is 15.9 Å². The van der Waals surface area contributed by atoms with Crippen molar-refractivity contribution in [1.29, 1.82) is 0 Å². The van der Waals surface area contributed by atoms with E-state index in [4.69, 9.17) is 5.73 Å². The summed E-state index contributed by atoms with van der Waals surface area (Å²) < 4.78 is 51.6. The van der Waals surface area contributed by atoms with Gasteiger partial charge >= 0.3 is 0 Å². The van der Waals surface area contributed by atoms with Crippen LogP contribution >= 0.6 is 0 Å². The van der Waals surface area contributed by atoms with Gasteiger partial charge in [-0.3, -0.25) is 18.0 Å². The number of amides is 1. The molecule has 11 heteroatoms. The summed E-state index contributed by atoms with van der Waals surface area (Å²) in [5.74, 6) is -0.760. The molecule has 5 rings (SSSR count). The van der Waals surface area contributed by atoms with Gasteiger partial charge in [-0.05, 0) is 45.7 Å². The van der Waals surface area contributed by atoms with Crippen LogP contribution in [0, 0.1) is 0 Å². The summed E-state index contributed by atoms with van der Waals surface area (Å²) in [5.41, 5.74) is 8.80. The van der Waals surface area contributed by atoms with Crippen molar-refractivity contribution in [2.24, 2.45) is 5.73 Å². The third kappa shape index (κ3) is 5.59. The number of rotatable bonds is 8. The maximum absolute atomic E-state index is 13.5. The van der Waals surface area contributed by atoms with Crippen molar-refractivity contribution in [2.45, 2.75) is 25.0 Å². The quantitative estimate of drug-likeness (QED) is 0.271. The number of sulfonamides is 1. The van der Waals surface area contributed by atoms with Crippen LogP contribution < -0.4 is 19.7 Å². The standard InChI is InChI=1S/C29H30N4O5S2/c1-32-28-15-20(18-30)11-14-25(28)26(19-40(32,37)38)31-29(34)17-27(22-8-3-2-4-9-22)33(39(35)36)24-13-12-21-7-5-6-10-23(21)16-24/h2-16,26-27H,17-19,30H2,1H3,(H,31,34)(H,35,36). The smallest absolute Gasteiger partial charge is 0.262 e. The normalized spacial score (nSPS) is 17.6. The van der Waals surface area contributed by atoms with Crippen LogP contribution in [0.3, 0.4) is 0 Å². The number of benzene rings is 4. The van der Waals surface area contributed by atoms with Gasteiger partial charge in [0.05, 0.1) is 35.6 Å². The molecule has 0 bridgehead atoms. The number of carbonyl (C=O) groups is 1. The first-order chi connectivity index (χ1) is 19.2. The Morgan fingerprint density at radius 2 is 1.75 bits per heavy atom. The van der Waals surface area contributed by atoms with E-state index in [-0.39, 0.29) is 18.7 Å². The van der Waals surface area contributed by atoms with Crippen molar-refractivity contribution < 1.29 is 22.0 Å². The van der Waals surface area contributed by atoms with E-state index in [1.807, 2.05) is 48.5 Å². The maximum atomic E-state index is 13.5. The zero-order valence-corrected chi connectivity index (χ0v) is 23.4. The van der Waals surface area contributed by atoms with E-state index in [2.05, 4.69) is 5.32 Å². The van der Waals surface area contributed by atoms with Gasteiger partial charge in [0.1, 0.15) is 0 Å². The molecule has 0 saturated heterocycles. The molecule has 0 saturated carbocycles. The van der Waals surface area contributed by atoms with Crippen molar-refractivity contribution in [1.82, 2.24) is 5.32 Å². The van der Waals surface area contributed by atoms with E-state index < -0.39 is 39.3 Å². The van der Waals surface area contributed by atoms with E-state index >= 15 is 0 Å². The first-order valence-corrected chi connectivity index (χ1v) is 15.4. The molecule has 1 heterocycles. The second-order valence-electron chi connectivity index (χ2n) is 9.68. The first-order valence-electron chi connectivity index (χ1n) is 12.7. The molecule has 0 fully saturated rings. The topological polar surface area (TPSA) is 133 Å². The number of nitrogens with two attached hydrogens (primary N) is 1. The average molecular weight is 579 g/mol. The predicted molar refractivity (Wildman–Crippen MR) is 158 cm³/mol. The highest BCUT2D eigenvalue weighted by molar-refractivity contribution is 7.92. The van der Waals surface area contributed by atoms with E-state index in [1.54, 1.807) is 42.5 Å². The zero-order valence-electron chi connectivity index (χ0n) is 21.8. The van der Waals surface area contributed by atoms with Crippen LogP contribution in [0.4, 0.5) is 11.4 Å². The molecule has 0 radical (unpaired) electrons. The molecular formula is C29H30N4O5S2. The van der Waals surface area contributed by atoms with Crippen molar-refractivity contribution >= 4 is 49.3 Å². The van der Waals surface area contributed by atoms with Crippen LogP contribution in [0.2, 0.25) is 0 Å². The Hall–Kier alpha value is -3.77. The number of anilines is 2. The fraction of sp³-hybridized carbons (Fsp3) is 0.207. The lowest BCUT2D eigenvalue weighted by molar-refractivity contribution is -0.122. The fourth-order valence-electron chi connectivity index (χ4n) is 5.10. The van der Waals surface area contributed by atoms with E-state index in [9.17, 15) is 22.0 Å². The van der Waals surface area contributed by atoms with Crippen LogP contribution in [-0.4, -0.2) is 35.9 Å². The Morgan fingerprint density at radius 1 is 1.05 bits per heavy atom. The van der Waals surface area contributed by atoms with Gasteiger partial charge in [-0.15, -0.1) is 0 Å². The Labute approximate surface area is 236 Å². The van der Waals surface area contributed by atoms with Gasteiger partial charge in [-0.2, -0.15) is 0 Å². The Bertz CT molecular complexity index is 1680. The van der Waals surface area contributed by atoms with E-state index in [1.165, 1.54) is 15.7 Å². The number of hydrogen-bond donors (Lipinski definition) is 3. The highest BCUT2D eigenvalue weighted by Crippen LogP contribution is 2.37.